The monoisotopic (exact) mass is 322 g/mol. The molecule has 126 valence electrons. The normalized spacial score (nSPS) is 16.6. The molecule has 0 bridgehead atoms. The summed E-state index contributed by atoms with van der Waals surface area (Å²) >= 11 is 0. The fraction of sp³-hybridized carbons (Fsp3) is 0.500. The lowest BCUT2D eigenvalue weighted by Gasteiger charge is -2.31. The number of hydrogen-bond acceptors (Lipinski definition) is 5. The minimum atomic E-state index is -1.20. The minimum Gasteiger partial charge on any atom is -0.544 e. The van der Waals surface area contributed by atoms with Crippen molar-refractivity contribution < 1.29 is 29.1 Å². The Balaban J connectivity index is 1.91. The van der Waals surface area contributed by atoms with Gasteiger partial charge < -0.3 is 29.6 Å². The molecule has 1 aliphatic heterocycles. The Morgan fingerprint density at radius 3 is 2.52 bits per heavy atom. The van der Waals surface area contributed by atoms with Gasteiger partial charge in [0.2, 0.25) is 5.91 Å². The Morgan fingerprint density at radius 1 is 1.30 bits per heavy atom. The van der Waals surface area contributed by atoms with Crippen LogP contribution in [0.3, 0.4) is 0 Å². The fourth-order valence-electron chi connectivity index (χ4n) is 2.57. The van der Waals surface area contributed by atoms with Crippen LogP contribution in [0.5, 0.6) is 5.75 Å². The van der Waals surface area contributed by atoms with Crippen molar-refractivity contribution in [3.8, 4) is 5.75 Å². The minimum absolute atomic E-state index is 0.120. The van der Waals surface area contributed by atoms with Crippen molar-refractivity contribution in [2.75, 3.05) is 38.2 Å². The number of ether oxygens (including phenoxy) is 2. The lowest BCUT2D eigenvalue weighted by Crippen LogP contribution is -3.19. The smallest absolute Gasteiger partial charge is 0.230 e. The third-order valence-corrected chi connectivity index (χ3v) is 3.75. The highest BCUT2D eigenvalue weighted by atomic mass is 16.5. The van der Waals surface area contributed by atoms with Crippen LogP contribution in [0.25, 0.3) is 0 Å². The van der Waals surface area contributed by atoms with Gasteiger partial charge in [0.15, 0.2) is 0 Å². The third kappa shape index (κ3) is 5.22. The molecule has 1 saturated heterocycles. The van der Waals surface area contributed by atoms with Gasteiger partial charge in [0, 0.05) is 5.69 Å². The predicted molar refractivity (Wildman–Crippen MR) is 81.2 cm³/mol. The third-order valence-electron chi connectivity index (χ3n) is 3.75. The van der Waals surface area contributed by atoms with Gasteiger partial charge in [-0.3, -0.25) is 4.79 Å². The summed E-state index contributed by atoms with van der Waals surface area (Å²) in [6, 6.07) is 6.09. The van der Waals surface area contributed by atoms with Crippen molar-refractivity contribution in [2.24, 2.45) is 0 Å². The molecule has 0 saturated carbocycles. The highest BCUT2D eigenvalue weighted by Crippen LogP contribution is 2.15. The molecule has 0 radical (unpaired) electrons. The number of hydrogen-bond donors (Lipinski definition) is 2. The largest absolute Gasteiger partial charge is 0.544 e. The van der Waals surface area contributed by atoms with Crippen LogP contribution >= 0.6 is 0 Å². The molecule has 23 heavy (non-hydrogen) atoms. The van der Waals surface area contributed by atoms with Crippen LogP contribution in [0, 0.1) is 0 Å². The van der Waals surface area contributed by atoms with Crippen molar-refractivity contribution in [2.45, 2.75) is 19.4 Å². The Labute approximate surface area is 135 Å². The van der Waals surface area contributed by atoms with Gasteiger partial charge in [0.05, 0.1) is 32.2 Å². The van der Waals surface area contributed by atoms with Gasteiger partial charge in [-0.2, -0.15) is 0 Å². The molecule has 1 aromatic rings. The number of carbonyl (C=O) groups excluding carboxylic acids is 2. The summed E-state index contributed by atoms with van der Waals surface area (Å²) in [5.74, 6) is -0.832. The number of carboxylic acids is 1. The second-order valence-corrected chi connectivity index (χ2v) is 5.35. The zero-order valence-corrected chi connectivity index (χ0v) is 13.2. The summed E-state index contributed by atoms with van der Waals surface area (Å²) in [5.41, 5.74) is 0.604. The molecule has 0 aliphatic carbocycles. The van der Waals surface area contributed by atoms with Crippen LogP contribution in [-0.2, 0) is 14.3 Å². The molecule has 0 aromatic heterocycles. The van der Waals surface area contributed by atoms with Gasteiger partial charge >= 0.3 is 0 Å². The van der Waals surface area contributed by atoms with E-state index in [4.69, 9.17) is 9.47 Å². The molecule has 1 amide bonds. The maximum Gasteiger partial charge on any atom is 0.230 e. The van der Waals surface area contributed by atoms with Crippen molar-refractivity contribution in [3.05, 3.63) is 24.3 Å². The highest BCUT2D eigenvalue weighted by Gasteiger charge is 2.28. The lowest BCUT2D eigenvalue weighted by molar-refractivity contribution is -0.925. The number of carbonyl (C=O) groups is 2. The van der Waals surface area contributed by atoms with Gasteiger partial charge in [-0.05, 0) is 31.2 Å². The Kier molecular flexibility index (Phi) is 6.37. The van der Waals surface area contributed by atoms with Crippen LogP contribution in [-0.4, -0.2) is 50.8 Å². The van der Waals surface area contributed by atoms with Gasteiger partial charge in [-0.25, -0.2) is 0 Å². The molecule has 1 atom stereocenters. The Morgan fingerprint density at radius 2 is 1.96 bits per heavy atom. The number of anilines is 1. The van der Waals surface area contributed by atoms with E-state index in [1.807, 2.05) is 6.92 Å². The first-order chi connectivity index (χ1) is 11.1. The molecule has 2 rings (SSSR count). The van der Waals surface area contributed by atoms with E-state index in [1.54, 1.807) is 24.3 Å². The molecular weight excluding hydrogens is 300 g/mol. The summed E-state index contributed by atoms with van der Waals surface area (Å²) in [7, 11) is 0. The molecule has 1 heterocycles. The van der Waals surface area contributed by atoms with Gasteiger partial charge in [0.25, 0.3) is 0 Å². The SMILES string of the molecule is CCOc1ccc(NC(=O)C[C@H](C(=O)[O-])[NH+]2CCOCC2)cc1. The predicted octanol–water partition coefficient (Wildman–Crippen LogP) is -1.55. The number of quaternary nitrogens is 1. The number of aliphatic carboxylic acids is 1. The van der Waals surface area contributed by atoms with E-state index in [0.717, 1.165) is 10.6 Å². The first-order valence-corrected chi connectivity index (χ1v) is 7.76. The van der Waals surface area contributed by atoms with E-state index in [2.05, 4.69) is 5.32 Å². The molecule has 7 heteroatoms. The Bertz CT molecular complexity index is 526. The number of nitrogens with one attached hydrogen (secondary N) is 2. The molecule has 7 nitrogen and oxygen atoms in total. The quantitative estimate of drug-likeness (QED) is 0.634. The van der Waals surface area contributed by atoms with Crippen molar-refractivity contribution in [1.82, 2.24) is 0 Å². The summed E-state index contributed by atoms with van der Waals surface area (Å²) in [6.07, 6.45) is -0.120. The standard InChI is InChI=1S/C16H22N2O5/c1-2-23-13-5-3-12(4-6-13)17-15(19)11-14(16(20)21)18-7-9-22-10-8-18/h3-6,14H,2,7-11H2,1H3,(H,17,19)(H,20,21)/t14-/m1/s1. The number of amides is 1. The second kappa shape index (κ2) is 8.50. The lowest BCUT2D eigenvalue weighted by atomic mass is 10.1. The van der Waals surface area contributed by atoms with Crippen molar-refractivity contribution in [1.29, 1.82) is 0 Å². The topological polar surface area (TPSA) is 92.1 Å². The Hall–Kier alpha value is -2.12. The average molecular weight is 322 g/mol. The molecule has 1 aromatic carbocycles. The molecule has 2 N–H and O–H groups in total. The van der Waals surface area contributed by atoms with Crippen LogP contribution < -0.4 is 20.1 Å². The zero-order valence-electron chi connectivity index (χ0n) is 13.2. The van der Waals surface area contributed by atoms with Crippen LogP contribution in [0.15, 0.2) is 24.3 Å². The van der Waals surface area contributed by atoms with E-state index in [0.29, 0.717) is 38.6 Å². The van der Waals surface area contributed by atoms with Crippen LogP contribution in [0.4, 0.5) is 5.69 Å². The first-order valence-electron chi connectivity index (χ1n) is 7.76. The zero-order chi connectivity index (χ0) is 16.7. The molecule has 1 fully saturated rings. The molecule has 0 spiro atoms. The maximum absolute atomic E-state index is 12.1. The molecular formula is C16H22N2O5. The number of benzene rings is 1. The summed E-state index contributed by atoms with van der Waals surface area (Å²) in [4.78, 5) is 24.3. The van der Waals surface area contributed by atoms with E-state index in [-0.39, 0.29) is 12.3 Å². The number of carboxylic acid groups (broad SMARTS) is 1. The fourth-order valence-corrected chi connectivity index (χ4v) is 2.57. The first kappa shape index (κ1) is 17.2. The van der Waals surface area contributed by atoms with Gasteiger partial charge in [-0.15, -0.1) is 0 Å². The average Bonchev–Trinajstić information content (AvgIpc) is 2.55. The molecule has 1 aliphatic rings. The van der Waals surface area contributed by atoms with Crippen LogP contribution in [0.1, 0.15) is 13.3 Å². The van der Waals surface area contributed by atoms with E-state index in [9.17, 15) is 14.7 Å². The second-order valence-electron chi connectivity index (χ2n) is 5.35. The summed E-state index contributed by atoms with van der Waals surface area (Å²) < 4.78 is 10.5. The van der Waals surface area contributed by atoms with Gasteiger partial charge in [-0.1, -0.05) is 0 Å². The van der Waals surface area contributed by atoms with E-state index >= 15 is 0 Å². The summed E-state index contributed by atoms with van der Waals surface area (Å²) in [6.45, 7) is 4.59. The van der Waals surface area contributed by atoms with E-state index in [1.165, 1.54) is 0 Å². The van der Waals surface area contributed by atoms with Crippen molar-refractivity contribution in [3.63, 3.8) is 0 Å². The maximum atomic E-state index is 12.1. The number of rotatable bonds is 7. The van der Waals surface area contributed by atoms with Crippen molar-refractivity contribution >= 4 is 17.6 Å². The van der Waals surface area contributed by atoms with Gasteiger partial charge in [0.1, 0.15) is 24.9 Å². The highest BCUT2D eigenvalue weighted by molar-refractivity contribution is 5.93. The molecule has 0 unspecified atom stereocenters. The van der Waals surface area contributed by atoms with E-state index < -0.39 is 12.0 Å². The number of morpholine rings is 1. The van der Waals surface area contributed by atoms with Crippen LogP contribution in [0.2, 0.25) is 0 Å². The summed E-state index contributed by atoms with van der Waals surface area (Å²) in [5, 5.41) is 14.0.